The molecule has 3 atom stereocenters. The van der Waals surface area contributed by atoms with Crippen LogP contribution in [-0.4, -0.2) is 15.7 Å². The summed E-state index contributed by atoms with van der Waals surface area (Å²) in [7, 11) is 0. The van der Waals surface area contributed by atoms with Gasteiger partial charge in [0.15, 0.2) is 0 Å². The molecule has 3 rings (SSSR count). The van der Waals surface area contributed by atoms with Gasteiger partial charge in [0, 0.05) is 23.0 Å². The molecule has 3 unspecified atom stereocenters. The van der Waals surface area contributed by atoms with E-state index in [-0.39, 0.29) is 11.8 Å². The van der Waals surface area contributed by atoms with Crippen molar-refractivity contribution in [2.24, 2.45) is 11.8 Å². The third-order valence-electron chi connectivity index (χ3n) is 6.35. The Labute approximate surface area is 163 Å². The van der Waals surface area contributed by atoms with Gasteiger partial charge in [0.05, 0.1) is 5.60 Å². The molecule has 0 aliphatic heterocycles. The summed E-state index contributed by atoms with van der Waals surface area (Å²) in [5.41, 5.74) is 4.50. The van der Waals surface area contributed by atoms with Gasteiger partial charge in [-0.2, -0.15) is 0 Å². The summed E-state index contributed by atoms with van der Waals surface area (Å²) < 4.78 is 0. The Balaban J connectivity index is 1.66. The number of aliphatic hydroxyl groups is 1. The molecule has 2 nitrogen and oxygen atoms in total. The number of aromatic amines is 1. The Bertz CT molecular complexity index is 873. The van der Waals surface area contributed by atoms with Crippen LogP contribution in [0.4, 0.5) is 0 Å². The minimum Gasteiger partial charge on any atom is -0.389 e. The van der Waals surface area contributed by atoms with Gasteiger partial charge < -0.3 is 10.1 Å². The second-order valence-corrected chi connectivity index (χ2v) is 8.72. The lowest BCUT2D eigenvalue weighted by Crippen LogP contribution is -2.36. The first-order chi connectivity index (χ1) is 12.8. The van der Waals surface area contributed by atoms with E-state index in [1.165, 1.54) is 27.6 Å². The molecule has 0 aliphatic rings. The largest absolute Gasteiger partial charge is 0.389 e. The van der Waals surface area contributed by atoms with E-state index in [2.05, 4.69) is 87.4 Å². The molecule has 144 valence electrons. The summed E-state index contributed by atoms with van der Waals surface area (Å²) in [6.45, 7) is 10.5. The third-order valence-corrected chi connectivity index (χ3v) is 6.35. The van der Waals surface area contributed by atoms with E-state index in [0.717, 1.165) is 12.8 Å². The van der Waals surface area contributed by atoms with Crippen molar-refractivity contribution in [3.05, 3.63) is 71.4 Å². The predicted octanol–water partition coefficient (Wildman–Crippen LogP) is 6.10. The van der Waals surface area contributed by atoms with E-state index >= 15 is 0 Å². The van der Waals surface area contributed by atoms with Gasteiger partial charge in [-0.25, -0.2) is 0 Å². The average Bonchev–Trinajstić information content (AvgIpc) is 3.04. The number of hydrogen-bond donors (Lipinski definition) is 2. The fraction of sp³-hybridized carbons (Fsp3) is 0.440. The van der Waals surface area contributed by atoms with E-state index in [0.29, 0.717) is 5.92 Å². The number of benzene rings is 2. The number of para-hydroxylation sites is 1. The van der Waals surface area contributed by atoms with Crippen LogP contribution in [0.5, 0.6) is 0 Å². The Hall–Kier alpha value is -2.06. The van der Waals surface area contributed by atoms with Crippen LogP contribution in [0.15, 0.2) is 54.7 Å². The van der Waals surface area contributed by atoms with E-state index in [4.69, 9.17) is 0 Å². The normalized spacial score (nSPS) is 16.4. The first kappa shape index (κ1) is 19.7. The summed E-state index contributed by atoms with van der Waals surface area (Å²) in [6.07, 6.45) is 4.29. The first-order valence-corrected chi connectivity index (χ1v) is 10.1. The quantitative estimate of drug-likeness (QED) is 0.523. The Morgan fingerprint density at radius 2 is 1.59 bits per heavy atom. The van der Waals surface area contributed by atoms with Crippen LogP contribution in [0, 0.1) is 11.8 Å². The van der Waals surface area contributed by atoms with Gasteiger partial charge >= 0.3 is 0 Å². The molecule has 3 aromatic rings. The van der Waals surface area contributed by atoms with Gasteiger partial charge in [0.25, 0.3) is 0 Å². The second-order valence-electron chi connectivity index (χ2n) is 8.72. The summed E-state index contributed by atoms with van der Waals surface area (Å²) in [5, 5.41) is 12.1. The third kappa shape index (κ3) is 4.27. The van der Waals surface area contributed by atoms with Crippen LogP contribution < -0.4 is 0 Å². The molecule has 1 aromatic heterocycles. The maximum absolute atomic E-state index is 10.8. The zero-order chi connectivity index (χ0) is 19.6. The van der Waals surface area contributed by atoms with Crippen LogP contribution >= 0.6 is 0 Å². The number of nitrogens with one attached hydrogen (secondary N) is 1. The van der Waals surface area contributed by atoms with E-state index < -0.39 is 5.60 Å². The average molecular weight is 364 g/mol. The van der Waals surface area contributed by atoms with Crippen molar-refractivity contribution in [3.8, 4) is 0 Å². The standard InChI is InChI=1S/C25H33NO/c1-17(2)25(5,27)19(4)21-12-10-20(11-13-21)14-18(3)15-22-16-26-24-9-7-6-8-23(22)24/h6-13,16-19,26-27H,14-15H2,1-5H3. The maximum atomic E-state index is 10.8. The lowest BCUT2D eigenvalue weighted by Gasteiger charge is -2.34. The van der Waals surface area contributed by atoms with Crippen molar-refractivity contribution in [1.82, 2.24) is 4.98 Å². The van der Waals surface area contributed by atoms with Crippen molar-refractivity contribution < 1.29 is 5.11 Å². The van der Waals surface area contributed by atoms with Crippen molar-refractivity contribution in [3.63, 3.8) is 0 Å². The monoisotopic (exact) mass is 363 g/mol. The highest BCUT2D eigenvalue weighted by Gasteiger charge is 2.32. The highest BCUT2D eigenvalue weighted by Crippen LogP contribution is 2.34. The molecule has 0 saturated heterocycles. The number of aromatic nitrogens is 1. The maximum Gasteiger partial charge on any atom is 0.0708 e. The van der Waals surface area contributed by atoms with E-state index in [9.17, 15) is 5.11 Å². The highest BCUT2D eigenvalue weighted by molar-refractivity contribution is 5.83. The van der Waals surface area contributed by atoms with Crippen LogP contribution in [0.2, 0.25) is 0 Å². The Kier molecular flexibility index (Phi) is 5.76. The molecule has 0 bridgehead atoms. The SMILES string of the molecule is CC(Cc1ccc(C(C)C(C)(O)C(C)C)cc1)Cc1c[nH]c2ccccc12. The van der Waals surface area contributed by atoms with Crippen LogP contribution in [-0.2, 0) is 12.8 Å². The number of hydrogen-bond acceptors (Lipinski definition) is 1. The molecule has 0 aliphatic carbocycles. The fourth-order valence-electron chi connectivity index (χ4n) is 3.93. The molecule has 1 heterocycles. The molecule has 0 amide bonds. The van der Waals surface area contributed by atoms with Crippen molar-refractivity contribution >= 4 is 10.9 Å². The predicted molar refractivity (Wildman–Crippen MR) is 115 cm³/mol. The van der Waals surface area contributed by atoms with Gasteiger partial charge in [-0.3, -0.25) is 0 Å². The molecule has 2 N–H and O–H groups in total. The zero-order valence-electron chi connectivity index (χ0n) is 17.3. The molecular weight excluding hydrogens is 330 g/mol. The minimum absolute atomic E-state index is 0.121. The van der Waals surface area contributed by atoms with E-state index in [1.807, 2.05) is 6.92 Å². The topological polar surface area (TPSA) is 36.0 Å². The van der Waals surface area contributed by atoms with Gasteiger partial charge in [0.1, 0.15) is 0 Å². The molecule has 0 spiro atoms. The van der Waals surface area contributed by atoms with Gasteiger partial charge in [0.2, 0.25) is 0 Å². The van der Waals surface area contributed by atoms with Gasteiger partial charge in [-0.15, -0.1) is 0 Å². The molecule has 0 radical (unpaired) electrons. The number of fused-ring (bicyclic) bond motifs is 1. The summed E-state index contributed by atoms with van der Waals surface area (Å²) >= 11 is 0. The molecular formula is C25H33NO. The fourth-order valence-corrected chi connectivity index (χ4v) is 3.93. The van der Waals surface area contributed by atoms with Crippen molar-refractivity contribution in [2.45, 2.75) is 59.0 Å². The highest BCUT2D eigenvalue weighted by atomic mass is 16.3. The molecule has 2 heteroatoms. The van der Waals surface area contributed by atoms with Crippen molar-refractivity contribution in [2.75, 3.05) is 0 Å². The molecule has 2 aromatic carbocycles. The second kappa shape index (κ2) is 7.90. The zero-order valence-corrected chi connectivity index (χ0v) is 17.3. The number of H-pyrrole nitrogens is 1. The smallest absolute Gasteiger partial charge is 0.0708 e. The summed E-state index contributed by atoms with van der Waals surface area (Å²) in [4.78, 5) is 3.38. The van der Waals surface area contributed by atoms with E-state index in [1.54, 1.807) is 0 Å². The van der Waals surface area contributed by atoms with Crippen LogP contribution in [0.25, 0.3) is 10.9 Å². The van der Waals surface area contributed by atoms with Gasteiger partial charge in [-0.1, -0.05) is 70.2 Å². The molecule has 0 saturated carbocycles. The molecule has 27 heavy (non-hydrogen) atoms. The van der Waals surface area contributed by atoms with Crippen LogP contribution in [0.3, 0.4) is 0 Å². The Morgan fingerprint density at radius 3 is 2.26 bits per heavy atom. The Morgan fingerprint density at radius 1 is 0.926 bits per heavy atom. The summed E-state index contributed by atoms with van der Waals surface area (Å²) in [5.74, 6) is 0.921. The first-order valence-electron chi connectivity index (χ1n) is 10.1. The lowest BCUT2D eigenvalue weighted by atomic mass is 9.77. The lowest BCUT2D eigenvalue weighted by molar-refractivity contribution is -0.00825. The van der Waals surface area contributed by atoms with Crippen LogP contribution in [0.1, 0.15) is 57.2 Å². The molecule has 0 fully saturated rings. The summed E-state index contributed by atoms with van der Waals surface area (Å²) in [6, 6.07) is 17.4. The van der Waals surface area contributed by atoms with Crippen molar-refractivity contribution in [1.29, 1.82) is 0 Å². The minimum atomic E-state index is -0.690. The van der Waals surface area contributed by atoms with Gasteiger partial charge in [-0.05, 0) is 54.4 Å². The number of rotatable bonds is 7.